The van der Waals surface area contributed by atoms with Crippen LogP contribution in [-0.2, 0) is 6.61 Å². The molecule has 0 saturated carbocycles. The summed E-state index contributed by atoms with van der Waals surface area (Å²) in [6.07, 6.45) is 8.85. The van der Waals surface area contributed by atoms with Gasteiger partial charge in [-0.2, -0.15) is 5.10 Å². The van der Waals surface area contributed by atoms with E-state index in [4.69, 9.17) is 4.74 Å². The van der Waals surface area contributed by atoms with Gasteiger partial charge in [0.25, 0.3) is 0 Å². The van der Waals surface area contributed by atoms with Crippen LogP contribution in [0.5, 0.6) is 5.75 Å². The number of rotatable bonds is 3. The van der Waals surface area contributed by atoms with Gasteiger partial charge in [-0.1, -0.05) is 6.07 Å². The van der Waals surface area contributed by atoms with Gasteiger partial charge in [0.05, 0.1) is 5.69 Å². The molecule has 5 nitrogen and oxygen atoms in total. The molecule has 3 atom stereocenters. The molecule has 0 amide bonds. The largest absolute Gasteiger partial charge is 0.488 e. The first kappa shape index (κ1) is 16.2. The van der Waals surface area contributed by atoms with Crippen molar-refractivity contribution in [2.75, 3.05) is 5.32 Å². The van der Waals surface area contributed by atoms with Crippen LogP contribution in [0, 0.1) is 0 Å². The first-order chi connectivity index (χ1) is 13.8. The molecular formula is C23H24N4O. The fraction of sp³-hybridized carbons (Fsp3) is 0.348. The molecule has 1 aromatic heterocycles. The number of hydrogen-bond acceptors (Lipinski definition) is 4. The van der Waals surface area contributed by atoms with Crippen LogP contribution in [0.15, 0.2) is 54.9 Å². The maximum atomic E-state index is 6.10. The summed E-state index contributed by atoms with van der Waals surface area (Å²) in [5.41, 5.74) is 5.91. The molecule has 2 fully saturated rings. The summed E-state index contributed by atoms with van der Waals surface area (Å²) in [7, 11) is 0. The predicted octanol–water partition coefficient (Wildman–Crippen LogP) is 4.13. The quantitative estimate of drug-likeness (QED) is 0.726. The van der Waals surface area contributed by atoms with Gasteiger partial charge in [-0.3, -0.25) is 0 Å². The lowest BCUT2D eigenvalue weighted by Crippen LogP contribution is -2.43. The maximum Gasteiger partial charge on any atom is 0.129 e. The zero-order valence-electron chi connectivity index (χ0n) is 15.8. The van der Waals surface area contributed by atoms with E-state index in [1.54, 1.807) is 6.20 Å². The van der Waals surface area contributed by atoms with Gasteiger partial charge in [-0.25, -0.2) is 4.68 Å². The summed E-state index contributed by atoms with van der Waals surface area (Å²) in [4.78, 5) is 0. The number of anilines is 1. The second kappa shape index (κ2) is 6.38. The summed E-state index contributed by atoms with van der Waals surface area (Å²) in [5, 5.41) is 11.8. The Kier molecular flexibility index (Phi) is 3.69. The molecule has 3 aliphatic rings. The molecule has 1 unspecified atom stereocenters. The van der Waals surface area contributed by atoms with Crippen LogP contribution in [-0.4, -0.2) is 27.9 Å². The van der Waals surface area contributed by atoms with Crippen molar-refractivity contribution >= 4 is 5.69 Å². The lowest BCUT2D eigenvalue weighted by Gasteiger charge is -2.31. The van der Waals surface area contributed by atoms with E-state index < -0.39 is 0 Å². The molecule has 0 spiro atoms. The van der Waals surface area contributed by atoms with E-state index in [0.717, 1.165) is 17.0 Å². The number of fused-ring (bicyclic) bond motifs is 5. The predicted molar refractivity (Wildman–Crippen MR) is 110 cm³/mol. The van der Waals surface area contributed by atoms with Crippen LogP contribution in [0.25, 0.3) is 16.8 Å². The second-order valence-corrected chi connectivity index (χ2v) is 8.24. The number of ether oxygens (including phenoxy) is 1. The van der Waals surface area contributed by atoms with E-state index >= 15 is 0 Å². The van der Waals surface area contributed by atoms with E-state index in [1.807, 2.05) is 16.9 Å². The first-order valence-electron chi connectivity index (χ1n) is 10.2. The molecule has 0 aliphatic carbocycles. The molecular weight excluding hydrogens is 348 g/mol. The smallest absolute Gasteiger partial charge is 0.129 e. The molecule has 5 heteroatoms. The van der Waals surface area contributed by atoms with Crippen LogP contribution in [0.3, 0.4) is 0 Å². The molecule has 2 saturated heterocycles. The van der Waals surface area contributed by atoms with Crippen LogP contribution in [0.2, 0.25) is 0 Å². The number of benzene rings is 2. The van der Waals surface area contributed by atoms with Crippen molar-refractivity contribution in [3.8, 4) is 22.6 Å². The van der Waals surface area contributed by atoms with Gasteiger partial charge < -0.3 is 15.4 Å². The summed E-state index contributed by atoms with van der Waals surface area (Å²) < 4.78 is 7.96. The van der Waals surface area contributed by atoms with Crippen LogP contribution in [0.1, 0.15) is 31.2 Å². The first-order valence-corrected chi connectivity index (χ1v) is 10.2. The zero-order valence-corrected chi connectivity index (χ0v) is 15.8. The lowest BCUT2D eigenvalue weighted by molar-refractivity contribution is 0.302. The average molecular weight is 372 g/mol. The van der Waals surface area contributed by atoms with Gasteiger partial charge in [-0.05, 0) is 67.1 Å². The van der Waals surface area contributed by atoms with Gasteiger partial charge in [0.2, 0.25) is 0 Å². The van der Waals surface area contributed by atoms with Gasteiger partial charge in [-0.15, -0.1) is 0 Å². The van der Waals surface area contributed by atoms with Crippen molar-refractivity contribution in [2.24, 2.45) is 0 Å². The normalized spacial score (nSPS) is 24.9. The number of nitrogens with one attached hydrogen (secondary N) is 2. The Morgan fingerprint density at radius 2 is 1.89 bits per heavy atom. The van der Waals surface area contributed by atoms with Crippen LogP contribution < -0.4 is 15.4 Å². The highest BCUT2D eigenvalue weighted by Gasteiger charge is 2.33. The van der Waals surface area contributed by atoms with Gasteiger partial charge in [0.15, 0.2) is 0 Å². The molecule has 142 valence electrons. The molecule has 0 radical (unpaired) electrons. The Bertz CT molecular complexity index is 1000. The Morgan fingerprint density at radius 1 is 1.04 bits per heavy atom. The third-order valence-electron chi connectivity index (χ3n) is 6.36. The van der Waals surface area contributed by atoms with Crippen molar-refractivity contribution in [3.63, 3.8) is 0 Å². The van der Waals surface area contributed by atoms with Crippen molar-refractivity contribution < 1.29 is 4.74 Å². The van der Waals surface area contributed by atoms with Crippen LogP contribution >= 0.6 is 0 Å². The SMILES string of the molecule is c1cnn(-c2ccc3c(c2)OCc2cc(NC4C[C@H]5CC[C@@H](C4)N5)ccc2-3)c1. The van der Waals surface area contributed by atoms with Gasteiger partial charge in [0, 0.05) is 47.8 Å². The van der Waals surface area contributed by atoms with Crippen molar-refractivity contribution in [2.45, 2.75) is 50.4 Å². The molecule has 4 heterocycles. The Labute approximate surface area is 164 Å². The third kappa shape index (κ3) is 2.78. The molecule has 2 N–H and O–H groups in total. The number of aromatic nitrogens is 2. The lowest BCUT2D eigenvalue weighted by atomic mass is 9.95. The molecule has 3 aromatic rings. The molecule has 28 heavy (non-hydrogen) atoms. The summed E-state index contributed by atoms with van der Waals surface area (Å²) >= 11 is 0. The fourth-order valence-corrected chi connectivity index (χ4v) is 5.05. The number of nitrogens with zero attached hydrogens (tertiary/aromatic N) is 2. The standard InChI is InChI=1S/C23H24N4O/c1-8-24-27(9-1)20-5-7-22-21-6-4-16(10-15(21)14-28-23(22)13-20)26-19-11-17-2-3-18(12-19)25-17/h1,4-10,13,17-19,25-26H,2-3,11-12,14H2/t17-,18+,19?. The minimum Gasteiger partial charge on any atom is -0.488 e. The average Bonchev–Trinajstić information content (AvgIpc) is 3.37. The van der Waals surface area contributed by atoms with E-state index in [9.17, 15) is 0 Å². The second-order valence-electron chi connectivity index (χ2n) is 8.24. The van der Waals surface area contributed by atoms with Crippen molar-refractivity contribution in [1.82, 2.24) is 15.1 Å². The van der Waals surface area contributed by atoms with E-state index in [1.165, 1.54) is 42.5 Å². The zero-order chi connectivity index (χ0) is 18.5. The molecule has 6 rings (SSSR count). The van der Waals surface area contributed by atoms with Crippen LogP contribution in [0.4, 0.5) is 5.69 Å². The van der Waals surface area contributed by atoms with E-state index in [0.29, 0.717) is 24.7 Å². The summed E-state index contributed by atoms with van der Waals surface area (Å²) in [5.74, 6) is 0.927. The Balaban J connectivity index is 1.26. The van der Waals surface area contributed by atoms with E-state index in [-0.39, 0.29) is 0 Å². The van der Waals surface area contributed by atoms with Crippen molar-refractivity contribution in [3.05, 3.63) is 60.4 Å². The molecule has 2 bridgehead atoms. The minimum atomic E-state index is 0.574. The maximum absolute atomic E-state index is 6.10. The minimum absolute atomic E-state index is 0.574. The number of hydrogen-bond donors (Lipinski definition) is 2. The topological polar surface area (TPSA) is 51.1 Å². The summed E-state index contributed by atoms with van der Waals surface area (Å²) in [6, 6.07) is 16.9. The molecule has 3 aliphatic heterocycles. The van der Waals surface area contributed by atoms with Gasteiger partial charge in [0.1, 0.15) is 12.4 Å². The summed E-state index contributed by atoms with van der Waals surface area (Å²) in [6.45, 7) is 0.609. The monoisotopic (exact) mass is 372 g/mol. The van der Waals surface area contributed by atoms with Gasteiger partial charge >= 0.3 is 0 Å². The Morgan fingerprint density at radius 3 is 2.71 bits per heavy atom. The fourth-order valence-electron chi connectivity index (χ4n) is 5.05. The number of piperidine rings is 1. The Hall–Kier alpha value is -2.79. The third-order valence-corrected chi connectivity index (χ3v) is 6.36. The van der Waals surface area contributed by atoms with Crippen molar-refractivity contribution in [1.29, 1.82) is 0 Å². The van der Waals surface area contributed by atoms with E-state index in [2.05, 4.69) is 52.1 Å². The highest BCUT2D eigenvalue weighted by molar-refractivity contribution is 5.78. The molecule has 2 aromatic carbocycles. The highest BCUT2D eigenvalue weighted by atomic mass is 16.5. The highest BCUT2D eigenvalue weighted by Crippen LogP contribution is 2.40.